The topological polar surface area (TPSA) is 93.8 Å². The summed E-state index contributed by atoms with van der Waals surface area (Å²) in [5, 5.41) is 4.05. The van der Waals surface area contributed by atoms with Crippen LogP contribution in [0.25, 0.3) is 22.4 Å². The van der Waals surface area contributed by atoms with Gasteiger partial charge in [-0.25, -0.2) is 0 Å². The summed E-state index contributed by atoms with van der Waals surface area (Å²) in [7, 11) is 0. The number of rotatable bonds is 4. The van der Waals surface area contributed by atoms with Crippen LogP contribution >= 0.6 is 15.9 Å². The Bertz CT molecular complexity index is 1270. The molecule has 0 saturated heterocycles. The number of aromatic amines is 1. The summed E-state index contributed by atoms with van der Waals surface area (Å²) >= 11 is 3.41. The van der Waals surface area contributed by atoms with Gasteiger partial charge in [-0.05, 0) is 49.7 Å². The highest BCUT2D eigenvalue weighted by Gasteiger charge is 2.14. The third-order valence-electron chi connectivity index (χ3n) is 4.43. The van der Waals surface area contributed by atoms with Crippen LogP contribution in [0.3, 0.4) is 0 Å². The van der Waals surface area contributed by atoms with E-state index in [1.807, 2.05) is 44.2 Å². The Morgan fingerprint density at radius 1 is 1.14 bits per heavy atom. The highest BCUT2D eigenvalue weighted by atomic mass is 79.9. The van der Waals surface area contributed by atoms with Crippen LogP contribution in [0, 0.1) is 0 Å². The van der Waals surface area contributed by atoms with E-state index >= 15 is 0 Å². The molecule has 7 nitrogen and oxygen atoms in total. The molecule has 0 fully saturated rings. The maximum Gasteiger partial charge on any atom is 0.316 e. The van der Waals surface area contributed by atoms with Crippen LogP contribution in [0.1, 0.15) is 31.3 Å². The fraction of sp³-hybridized carbons (Fsp3) is 0.200. The molecule has 4 rings (SSSR count). The fourth-order valence-corrected chi connectivity index (χ4v) is 3.38. The van der Waals surface area contributed by atoms with Gasteiger partial charge in [0.2, 0.25) is 11.7 Å². The van der Waals surface area contributed by atoms with E-state index in [1.54, 1.807) is 12.1 Å². The molecule has 0 amide bonds. The van der Waals surface area contributed by atoms with Gasteiger partial charge in [-0.15, -0.1) is 0 Å². The quantitative estimate of drug-likeness (QED) is 0.488. The van der Waals surface area contributed by atoms with Gasteiger partial charge in [0.05, 0.1) is 17.5 Å². The van der Waals surface area contributed by atoms with E-state index in [2.05, 4.69) is 31.1 Å². The minimum atomic E-state index is -0.651. The standard InChI is InChI=1S/C20H17BrN4O3/c1-11(2)25-16-8-5-13(10-15(16)22-19(26)20(25)27)18-23-17(28-24-18)9-12-3-6-14(21)7-4-12/h3-8,10-11H,9H2,1-2H3,(H,22,26). The summed E-state index contributed by atoms with van der Waals surface area (Å²) in [4.78, 5) is 31.2. The Labute approximate surface area is 168 Å². The van der Waals surface area contributed by atoms with Crippen LogP contribution in [-0.2, 0) is 6.42 Å². The molecule has 4 aromatic rings. The molecule has 2 heterocycles. The first-order valence-electron chi connectivity index (χ1n) is 8.78. The normalized spacial score (nSPS) is 11.4. The number of fused-ring (bicyclic) bond motifs is 1. The second-order valence-corrected chi connectivity index (χ2v) is 7.69. The summed E-state index contributed by atoms with van der Waals surface area (Å²) in [5.74, 6) is 0.926. The molecule has 8 heteroatoms. The van der Waals surface area contributed by atoms with Gasteiger partial charge in [-0.3, -0.25) is 14.2 Å². The van der Waals surface area contributed by atoms with Crippen molar-refractivity contribution in [3.63, 3.8) is 0 Å². The summed E-state index contributed by atoms with van der Waals surface area (Å²) in [6, 6.07) is 13.1. The molecule has 1 N–H and O–H groups in total. The van der Waals surface area contributed by atoms with Crippen molar-refractivity contribution in [1.82, 2.24) is 19.7 Å². The molecule has 2 aromatic heterocycles. The van der Waals surface area contributed by atoms with E-state index < -0.39 is 11.1 Å². The van der Waals surface area contributed by atoms with E-state index in [0.717, 1.165) is 10.0 Å². The third-order valence-corrected chi connectivity index (χ3v) is 4.96. The zero-order chi connectivity index (χ0) is 19.8. The lowest BCUT2D eigenvalue weighted by atomic mass is 10.1. The molecule has 0 aliphatic carbocycles. The van der Waals surface area contributed by atoms with Crippen molar-refractivity contribution in [2.45, 2.75) is 26.3 Å². The second kappa shape index (κ2) is 7.20. The van der Waals surface area contributed by atoms with Crippen LogP contribution < -0.4 is 11.1 Å². The second-order valence-electron chi connectivity index (χ2n) is 6.77. The van der Waals surface area contributed by atoms with Crippen molar-refractivity contribution < 1.29 is 4.52 Å². The summed E-state index contributed by atoms with van der Waals surface area (Å²) in [6.07, 6.45) is 0.525. The van der Waals surface area contributed by atoms with Crippen molar-refractivity contribution in [3.8, 4) is 11.4 Å². The van der Waals surface area contributed by atoms with E-state index in [1.165, 1.54) is 4.57 Å². The zero-order valence-electron chi connectivity index (χ0n) is 15.3. The molecular formula is C20H17BrN4O3. The number of benzene rings is 2. The third kappa shape index (κ3) is 3.43. The molecule has 0 spiro atoms. The number of halogens is 1. The first-order valence-corrected chi connectivity index (χ1v) is 9.57. The number of hydrogen-bond acceptors (Lipinski definition) is 5. The molecule has 0 unspecified atom stereocenters. The Kier molecular flexibility index (Phi) is 4.72. The summed E-state index contributed by atoms with van der Waals surface area (Å²) in [5.41, 5.74) is 1.75. The number of nitrogens with zero attached hydrogens (tertiary/aromatic N) is 3. The van der Waals surface area contributed by atoms with Crippen LogP contribution in [0.5, 0.6) is 0 Å². The fourth-order valence-electron chi connectivity index (χ4n) is 3.11. The van der Waals surface area contributed by atoms with Crippen molar-refractivity contribution in [2.75, 3.05) is 0 Å². The number of nitrogens with one attached hydrogen (secondary N) is 1. The van der Waals surface area contributed by atoms with Crippen molar-refractivity contribution in [2.24, 2.45) is 0 Å². The van der Waals surface area contributed by atoms with Crippen molar-refractivity contribution in [1.29, 1.82) is 0 Å². The number of hydrogen-bond donors (Lipinski definition) is 1. The Balaban J connectivity index is 1.71. The maximum atomic E-state index is 12.2. The highest BCUT2D eigenvalue weighted by Crippen LogP contribution is 2.22. The first-order chi connectivity index (χ1) is 13.4. The van der Waals surface area contributed by atoms with E-state index in [4.69, 9.17) is 4.52 Å². The number of H-pyrrole nitrogens is 1. The molecule has 2 aromatic carbocycles. The smallest absolute Gasteiger partial charge is 0.316 e. The summed E-state index contributed by atoms with van der Waals surface area (Å²) in [6.45, 7) is 3.73. The molecule has 142 valence electrons. The SMILES string of the molecule is CC(C)n1c(=O)c(=O)[nH]c2cc(-c3noc(Cc4ccc(Br)cc4)n3)ccc21. The number of aromatic nitrogens is 4. The zero-order valence-corrected chi connectivity index (χ0v) is 16.9. The Morgan fingerprint density at radius 3 is 2.61 bits per heavy atom. The lowest BCUT2D eigenvalue weighted by Gasteiger charge is -2.13. The van der Waals surface area contributed by atoms with Gasteiger partial charge < -0.3 is 9.51 Å². The van der Waals surface area contributed by atoms with E-state index in [9.17, 15) is 9.59 Å². The molecular weight excluding hydrogens is 424 g/mol. The minimum absolute atomic E-state index is 0.133. The van der Waals surface area contributed by atoms with Gasteiger partial charge in [0, 0.05) is 16.1 Å². The van der Waals surface area contributed by atoms with Crippen LogP contribution in [0.4, 0.5) is 0 Å². The predicted molar refractivity (Wildman–Crippen MR) is 109 cm³/mol. The Morgan fingerprint density at radius 2 is 1.89 bits per heavy atom. The molecule has 28 heavy (non-hydrogen) atoms. The molecule has 0 bridgehead atoms. The average Bonchev–Trinajstić information content (AvgIpc) is 3.12. The van der Waals surface area contributed by atoms with Crippen molar-refractivity contribution in [3.05, 3.63) is 79.1 Å². The van der Waals surface area contributed by atoms with Crippen molar-refractivity contribution >= 4 is 27.0 Å². The monoisotopic (exact) mass is 440 g/mol. The first kappa shape index (κ1) is 18.4. The largest absolute Gasteiger partial charge is 0.339 e. The maximum absolute atomic E-state index is 12.2. The van der Waals surface area contributed by atoms with Crippen LogP contribution in [-0.4, -0.2) is 19.7 Å². The predicted octanol–water partition coefficient (Wildman–Crippen LogP) is 3.67. The van der Waals surface area contributed by atoms with Gasteiger partial charge in [-0.2, -0.15) is 4.98 Å². The molecule has 0 atom stereocenters. The Hall–Kier alpha value is -3.00. The lowest BCUT2D eigenvalue weighted by molar-refractivity contribution is 0.385. The van der Waals surface area contributed by atoms with Gasteiger partial charge in [-0.1, -0.05) is 33.2 Å². The van der Waals surface area contributed by atoms with E-state index in [-0.39, 0.29) is 6.04 Å². The minimum Gasteiger partial charge on any atom is -0.339 e. The molecule has 0 aliphatic rings. The molecule has 0 saturated carbocycles. The van der Waals surface area contributed by atoms with Crippen LogP contribution in [0.2, 0.25) is 0 Å². The van der Waals surface area contributed by atoms with E-state index in [0.29, 0.717) is 34.7 Å². The lowest BCUT2D eigenvalue weighted by Crippen LogP contribution is -2.37. The highest BCUT2D eigenvalue weighted by molar-refractivity contribution is 9.10. The van der Waals surface area contributed by atoms with Gasteiger partial charge in [0.1, 0.15) is 0 Å². The van der Waals surface area contributed by atoms with Gasteiger partial charge in [0.15, 0.2) is 0 Å². The van der Waals surface area contributed by atoms with Gasteiger partial charge >= 0.3 is 11.1 Å². The van der Waals surface area contributed by atoms with Gasteiger partial charge in [0.25, 0.3) is 0 Å². The summed E-state index contributed by atoms with van der Waals surface area (Å²) < 4.78 is 7.86. The van der Waals surface area contributed by atoms with Crippen LogP contribution in [0.15, 0.2) is 61.0 Å². The average molecular weight is 441 g/mol. The molecule has 0 radical (unpaired) electrons. The molecule has 0 aliphatic heterocycles.